The number of carbonyl (C=O) groups is 1. The fraction of sp³-hybridized carbons (Fsp3) is 0.381. The zero-order valence-corrected chi connectivity index (χ0v) is 14.7. The lowest BCUT2D eigenvalue weighted by molar-refractivity contribution is 0.249. The molecule has 2 rings (SSSR count). The smallest absolute Gasteiger partial charge is 0.319 e. The van der Waals surface area contributed by atoms with Gasteiger partial charge >= 0.3 is 6.03 Å². The summed E-state index contributed by atoms with van der Waals surface area (Å²) < 4.78 is 0. The Morgan fingerprint density at radius 2 is 1.67 bits per heavy atom. The molecule has 0 fully saturated rings. The van der Waals surface area contributed by atoms with E-state index in [1.54, 1.807) is 0 Å². The lowest BCUT2D eigenvalue weighted by atomic mass is 10.1. The molecule has 0 aliphatic heterocycles. The number of amides is 2. The van der Waals surface area contributed by atoms with Crippen molar-refractivity contribution in [3.8, 4) is 0 Å². The van der Waals surface area contributed by atoms with Crippen LogP contribution in [-0.4, -0.2) is 6.03 Å². The third-order valence-corrected chi connectivity index (χ3v) is 4.18. The first-order valence-electron chi connectivity index (χ1n) is 8.90. The van der Waals surface area contributed by atoms with E-state index >= 15 is 0 Å². The summed E-state index contributed by atoms with van der Waals surface area (Å²) in [6, 6.07) is 17.9. The minimum atomic E-state index is -0.179. The Balaban J connectivity index is 1.79. The average molecular weight is 324 g/mol. The highest BCUT2D eigenvalue weighted by atomic mass is 16.2. The van der Waals surface area contributed by atoms with Crippen LogP contribution in [0.2, 0.25) is 0 Å². The first kappa shape index (κ1) is 18.1. The average Bonchev–Trinajstić information content (AvgIpc) is 2.61. The van der Waals surface area contributed by atoms with Gasteiger partial charge in [0.15, 0.2) is 0 Å². The third kappa shape index (κ3) is 6.07. The van der Waals surface area contributed by atoms with Gasteiger partial charge in [-0.1, -0.05) is 68.7 Å². The number of unbranched alkanes of at least 4 members (excludes halogenated alkanes) is 3. The SMILES string of the molecule is CCCCCCc1ccc(NC(=O)N[C@H](C)c2ccccc2)cc1. The van der Waals surface area contributed by atoms with Crippen LogP contribution in [0, 0.1) is 0 Å². The summed E-state index contributed by atoms with van der Waals surface area (Å²) in [4.78, 5) is 12.1. The van der Waals surface area contributed by atoms with E-state index in [0.717, 1.165) is 17.7 Å². The highest BCUT2D eigenvalue weighted by Crippen LogP contribution is 2.14. The summed E-state index contributed by atoms with van der Waals surface area (Å²) >= 11 is 0. The minimum Gasteiger partial charge on any atom is -0.331 e. The zero-order valence-electron chi connectivity index (χ0n) is 14.7. The maximum absolute atomic E-state index is 12.1. The normalized spacial score (nSPS) is 11.8. The Hall–Kier alpha value is -2.29. The van der Waals surface area contributed by atoms with Crippen molar-refractivity contribution in [3.63, 3.8) is 0 Å². The second kappa shape index (κ2) is 9.76. The number of aryl methyl sites for hydroxylation is 1. The molecule has 2 amide bonds. The molecular formula is C21H28N2O. The third-order valence-electron chi connectivity index (χ3n) is 4.18. The second-order valence-electron chi connectivity index (χ2n) is 6.24. The molecule has 0 saturated carbocycles. The summed E-state index contributed by atoms with van der Waals surface area (Å²) in [7, 11) is 0. The molecule has 2 aromatic rings. The van der Waals surface area contributed by atoms with Crippen molar-refractivity contribution in [1.29, 1.82) is 0 Å². The predicted molar refractivity (Wildman–Crippen MR) is 101 cm³/mol. The molecule has 0 heterocycles. The van der Waals surface area contributed by atoms with Crippen molar-refractivity contribution in [3.05, 3.63) is 65.7 Å². The standard InChI is InChI=1S/C21H28N2O/c1-3-4-5-7-10-18-13-15-20(16-14-18)23-21(24)22-17(2)19-11-8-6-9-12-19/h6,8-9,11-17H,3-5,7,10H2,1-2H3,(H2,22,23,24)/t17-/m1/s1. The Labute approximate surface area is 145 Å². The molecule has 3 nitrogen and oxygen atoms in total. The van der Waals surface area contributed by atoms with Crippen molar-refractivity contribution in [2.45, 2.75) is 52.0 Å². The molecule has 0 aromatic heterocycles. The lowest BCUT2D eigenvalue weighted by Gasteiger charge is -2.15. The molecule has 2 aromatic carbocycles. The molecule has 0 radical (unpaired) electrons. The maximum Gasteiger partial charge on any atom is 0.319 e. The highest BCUT2D eigenvalue weighted by Gasteiger charge is 2.09. The first-order chi connectivity index (χ1) is 11.7. The van der Waals surface area contributed by atoms with E-state index < -0.39 is 0 Å². The van der Waals surface area contributed by atoms with Crippen LogP contribution in [0.25, 0.3) is 0 Å². The number of benzene rings is 2. The monoisotopic (exact) mass is 324 g/mol. The Morgan fingerprint density at radius 3 is 2.33 bits per heavy atom. The minimum absolute atomic E-state index is 0.0240. The highest BCUT2D eigenvalue weighted by molar-refractivity contribution is 5.89. The predicted octanol–water partition coefficient (Wildman–Crippen LogP) is 5.69. The first-order valence-corrected chi connectivity index (χ1v) is 8.90. The zero-order chi connectivity index (χ0) is 17.2. The number of hydrogen-bond acceptors (Lipinski definition) is 1. The van der Waals surface area contributed by atoms with Crippen LogP contribution in [0.3, 0.4) is 0 Å². The number of rotatable bonds is 8. The van der Waals surface area contributed by atoms with Crippen LogP contribution >= 0.6 is 0 Å². The number of carbonyl (C=O) groups excluding carboxylic acids is 1. The summed E-state index contributed by atoms with van der Waals surface area (Å²) in [6.45, 7) is 4.21. The van der Waals surface area contributed by atoms with Gasteiger partial charge in [-0.2, -0.15) is 0 Å². The van der Waals surface area contributed by atoms with Crippen molar-refractivity contribution in [1.82, 2.24) is 5.32 Å². The summed E-state index contributed by atoms with van der Waals surface area (Å²) in [6.07, 6.45) is 6.20. The van der Waals surface area contributed by atoms with Gasteiger partial charge in [0.1, 0.15) is 0 Å². The van der Waals surface area contributed by atoms with Gasteiger partial charge in [-0.25, -0.2) is 4.79 Å². The van der Waals surface area contributed by atoms with Gasteiger partial charge in [-0.15, -0.1) is 0 Å². The number of hydrogen-bond donors (Lipinski definition) is 2. The maximum atomic E-state index is 12.1. The number of anilines is 1. The topological polar surface area (TPSA) is 41.1 Å². The van der Waals surface area contributed by atoms with Crippen LogP contribution in [0.4, 0.5) is 10.5 Å². The summed E-state index contributed by atoms with van der Waals surface area (Å²) in [5.74, 6) is 0. The van der Waals surface area contributed by atoms with Gasteiger partial charge in [0.25, 0.3) is 0 Å². The fourth-order valence-electron chi connectivity index (χ4n) is 2.70. The molecular weight excluding hydrogens is 296 g/mol. The molecule has 1 atom stereocenters. The molecule has 24 heavy (non-hydrogen) atoms. The largest absolute Gasteiger partial charge is 0.331 e. The van der Waals surface area contributed by atoms with E-state index in [4.69, 9.17) is 0 Å². The molecule has 0 aliphatic carbocycles. The molecule has 128 valence electrons. The van der Waals surface area contributed by atoms with E-state index in [9.17, 15) is 4.79 Å². The molecule has 3 heteroatoms. The van der Waals surface area contributed by atoms with Crippen molar-refractivity contribution in [2.24, 2.45) is 0 Å². The summed E-state index contributed by atoms with van der Waals surface area (Å²) in [5.41, 5.74) is 3.25. The van der Waals surface area contributed by atoms with E-state index in [0.29, 0.717) is 0 Å². The molecule has 2 N–H and O–H groups in total. The van der Waals surface area contributed by atoms with Crippen LogP contribution in [-0.2, 0) is 6.42 Å². The molecule has 0 saturated heterocycles. The number of nitrogens with one attached hydrogen (secondary N) is 2. The van der Waals surface area contributed by atoms with Crippen LogP contribution in [0.15, 0.2) is 54.6 Å². The van der Waals surface area contributed by atoms with Crippen molar-refractivity contribution in [2.75, 3.05) is 5.32 Å². The van der Waals surface area contributed by atoms with Crippen molar-refractivity contribution < 1.29 is 4.79 Å². The second-order valence-corrected chi connectivity index (χ2v) is 6.24. The summed E-state index contributed by atoms with van der Waals surface area (Å²) in [5, 5.41) is 5.85. The van der Waals surface area contributed by atoms with Gasteiger partial charge in [-0.3, -0.25) is 0 Å². The van der Waals surface area contributed by atoms with Gasteiger partial charge in [-0.05, 0) is 43.0 Å². The molecule has 0 unspecified atom stereocenters. The quantitative estimate of drug-likeness (QED) is 0.601. The van der Waals surface area contributed by atoms with E-state index in [2.05, 4.69) is 29.7 Å². The van der Waals surface area contributed by atoms with E-state index in [1.165, 1.54) is 31.2 Å². The van der Waals surface area contributed by atoms with Crippen LogP contribution in [0.5, 0.6) is 0 Å². The lowest BCUT2D eigenvalue weighted by Crippen LogP contribution is -2.31. The van der Waals surface area contributed by atoms with Crippen molar-refractivity contribution >= 4 is 11.7 Å². The number of urea groups is 1. The molecule has 0 spiro atoms. The Bertz CT molecular complexity index is 607. The van der Waals surface area contributed by atoms with Gasteiger partial charge in [0.2, 0.25) is 0 Å². The van der Waals surface area contributed by atoms with Gasteiger partial charge in [0, 0.05) is 5.69 Å². The molecule has 0 aliphatic rings. The Morgan fingerprint density at radius 1 is 0.958 bits per heavy atom. The van der Waals surface area contributed by atoms with Crippen LogP contribution < -0.4 is 10.6 Å². The fourth-order valence-corrected chi connectivity index (χ4v) is 2.70. The Kier molecular flexibility index (Phi) is 7.34. The van der Waals surface area contributed by atoms with Gasteiger partial charge < -0.3 is 10.6 Å². The van der Waals surface area contributed by atoms with E-state index in [1.807, 2.05) is 49.4 Å². The molecule has 0 bridgehead atoms. The van der Waals surface area contributed by atoms with E-state index in [-0.39, 0.29) is 12.1 Å². The van der Waals surface area contributed by atoms with Gasteiger partial charge in [0.05, 0.1) is 6.04 Å². The van der Waals surface area contributed by atoms with Crippen LogP contribution in [0.1, 0.15) is 56.7 Å².